The van der Waals surface area contributed by atoms with Crippen molar-refractivity contribution >= 4 is 45.1 Å². The number of sulfonamides is 1. The monoisotopic (exact) mass is 594 g/mol. The van der Waals surface area contributed by atoms with Crippen LogP contribution in [0.2, 0.25) is 10.0 Å². The number of carbonyl (C=O) groups excluding carboxylic acids is 1. The normalized spacial score (nSPS) is 24.7. The van der Waals surface area contributed by atoms with E-state index in [0.29, 0.717) is 22.9 Å². The van der Waals surface area contributed by atoms with Gasteiger partial charge in [-0.25, -0.2) is 12.7 Å². The highest BCUT2D eigenvalue weighted by molar-refractivity contribution is 7.89. The Morgan fingerprint density at radius 1 is 1.10 bits per heavy atom. The van der Waals surface area contributed by atoms with E-state index < -0.39 is 33.5 Å². The largest absolute Gasteiger partial charge is 0.481 e. The van der Waals surface area contributed by atoms with Crippen molar-refractivity contribution in [3.63, 3.8) is 0 Å². The van der Waals surface area contributed by atoms with Crippen molar-refractivity contribution in [2.45, 2.75) is 64.0 Å². The summed E-state index contributed by atoms with van der Waals surface area (Å²) in [5.41, 5.74) is 0.633. The lowest BCUT2D eigenvalue weighted by Crippen LogP contribution is -2.59. The van der Waals surface area contributed by atoms with Crippen LogP contribution in [0.5, 0.6) is 0 Å². The highest BCUT2D eigenvalue weighted by atomic mass is 35.5. The van der Waals surface area contributed by atoms with E-state index in [1.165, 1.54) is 4.31 Å². The van der Waals surface area contributed by atoms with Gasteiger partial charge >= 0.3 is 5.97 Å². The topological polar surface area (TPSA) is 95.0 Å². The van der Waals surface area contributed by atoms with Crippen LogP contribution in [0.4, 0.5) is 0 Å². The fraction of sp³-hybridized carbons (Fsp3) is 0.517. The molecule has 1 saturated carbocycles. The van der Waals surface area contributed by atoms with E-state index in [1.54, 1.807) is 32.2 Å². The van der Waals surface area contributed by atoms with E-state index in [0.717, 1.165) is 24.0 Å². The molecule has 1 saturated heterocycles. The van der Waals surface area contributed by atoms with Gasteiger partial charge in [0, 0.05) is 35.6 Å². The van der Waals surface area contributed by atoms with Crippen molar-refractivity contribution in [3.8, 4) is 0 Å². The lowest BCUT2D eigenvalue weighted by molar-refractivity contribution is -0.163. The van der Waals surface area contributed by atoms with Crippen molar-refractivity contribution in [1.82, 2.24) is 9.21 Å². The summed E-state index contributed by atoms with van der Waals surface area (Å²) in [5, 5.41) is 11.0. The number of benzene rings is 2. The molecule has 4 rings (SSSR count). The first-order valence-electron chi connectivity index (χ1n) is 13.4. The van der Waals surface area contributed by atoms with E-state index in [2.05, 4.69) is 0 Å². The van der Waals surface area contributed by atoms with Crippen molar-refractivity contribution in [3.05, 3.63) is 69.7 Å². The third kappa shape index (κ3) is 6.29. The molecular weight excluding hydrogens is 559 g/mol. The summed E-state index contributed by atoms with van der Waals surface area (Å²) in [6.07, 6.45) is 2.13. The predicted octanol–water partition coefficient (Wildman–Crippen LogP) is 5.98. The van der Waals surface area contributed by atoms with Crippen molar-refractivity contribution < 1.29 is 23.1 Å². The van der Waals surface area contributed by atoms with Crippen molar-refractivity contribution in [2.24, 2.45) is 11.3 Å². The number of hydrogen-bond donors (Lipinski definition) is 1. The van der Waals surface area contributed by atoms with E-state index in [9.17, 15) is 23.1 Å². The number of likely N-dealkylation sites (N-methyl/N-ethyl adjacent to an activating group) is 1. The number of aliphatic carboxylic acids is 1. The van der Waals surface area contributed by atoms with Crippen LogP contribution in [0.15, 0.2) is 48.5 Å². The SMILES string of the molecule is CCC1(CC(=O)O)CC(c2cccc(Cl)c2)C(c2ccc(Cl)cc2)N(C(CN(C)S(=O)(=O)CC)C2CC2)C1=O. The number of likely N-dealkylation sites (tertiary alicyclic amines) is 1. The van der Waals surface area contributed by atoms with Crippen molar-refractivity contribution in [2.75, 3.05) is 19.3 Å². The highest BCUT2D eigenvalue weighted by Gasteiger charge is 2.56. The molecule has 4 unspecified atom stereocenters. The van der Waals surface area contributed by atoms with Crippen LogP contribution in [-0.2, 0) is 19.6 Å². The van der Waals surface area contributed by atoms with Crippen LogP contribution in [0, 0.1) is 11.3 Å². The highest BCUT2D eigenvalue weighted by Crippen LogP contribution is 2.55. The average Bonchev–Trinajstić information content (AvgIpc) is 3.74. The molecule has 2 aromatic carbocycles. The first kappa shape index (κ1) is 29.8. The third-order valence-electron chi connectivity index (χ3n) is 8.44. The molecule has 0 bridgehead atoms. The summed E-state index contributed by atoms with van der Waals surface area (Å²) in [6, 6.07) is 14.0. The predicted molar refractivity (Wildman–Crippen MR) is 153 cm³/mol. The van der Waals surface area contributed by atoms with Crippen LogP contribution in [-0.4, -0.2) is 60.0 Å². The van der Waals surface area contributed by atoms with E-state index in [1.807, 2.05) is 42.2 Å². The Balaban J connectivity index is 1.94. The molecule has 0 spiro atoms. The zero-order valence-electron chi connectivity index (χ0n) is 22.5. The molecule has 2 aliphatic rings. The summed E-state index contributed by atoms with van der Waals surface area (Å²) in [5.74, 6) is -1.45. The molecule has 1 aliphatic carbocycles. The number of amides is 1. The van der Waals surface area contributed by atoms with Crippen molar-refractivity contribution in [1.29, 1.82) is 0 Å². The van der Waals surface area contributed by atoms with Gasteiger partial charge in [-0.05, 0) is 73.9 Å². The zero-order chi connectivity index (χ0) is 28.5. The summed E-state index contributed by atoms with van der Waals surface area (Å²) < 4.78 is 26.9. The van der Waals surface area contributed by atoms with Gasteiger partial charge < -0.3 is 10.0 Å². The summed E-state index contributed by atoms with van der Waals surface area (Å²) in [6.45, 7) is 3.60. The molecule has 1 aliphatic heterocycles. The summed E-state index contributed by atoms with van der Waals surface area (Å²) in [7, 11) is -1.95. The molecule has 10 heteroatoms. The molecule has 4 atom stereocenters. The van der Waals surface area contributed by atoms with Gasteiger partial charge in [-0.3, -0.25) is 9.59 Å². The fourth-order valence-electron chi connectivity index (χ4n) is 6.06. The molecule has 212 valence electrons. The number of hydrogen-bond acceptors (Lipinski definition) is 4. The first-order valence-corrected chi connectivity index (χ1v) is 15.8. The molecule has 7 nitrogen and oxygen atoms in total. The number of rotatable bonds is 11. The maximum atomic E-state index is 14.6. The number of piperidine rings is 1. The van der Waals surface area contributed by atoms with Gasteiger partial charge in [0.25, 0.3) is 0 Å². The van der Waals surface area contributed by atoms with Crippen LogP contribution in [0.25, 0.3) is 0 Å². The Morgan fingerprint density at radius 2 is 1.77 bits per heavy atom. The van der Waals surface area contributed by atoms with Crippen LogP contribution in [0.1, 0.15) is 69.0 Å². The minimum absolute atomic E-state index is 0.0432. The molecule has 2 fully saturated rings. The Labute approximate surface area is 241 Å². The zero-order valence-corrected chi connectivity index (χ0v) is 24.8. The molecule has 1 heterocycles. The molecule has 2 aromatic rings. The van der Waals surface area contributed by atoms with Crippen LogP contribution < -0.4 is 0 Å². The maximum Gasteiger partial charge on any atom is 0.304 e. The van der Waals surface area contributed by atoms with Gasteiger partial charge in [0.1, 0.15) is 0 Å². The number of nitrogens with zero attached hydrogens (tertiary/aromatic N) is 2. The smallest absolute Gasteiger partial charge is 0.304 e. The molecule has 0 aromatic heterocycles. The Kier molecular flexibility index (Phi) is 9.01. The Hall–Kier alpha value is -2.13. The van der Waals surface area contributed by atoms with Gasteiger partial charge in [-0.15, -0.1) is 0 Å². The fourth-order valence-corrected chi connectivity index (χ4v) is 7.21. The van der Waals surface area contributed by atoms with Gasteiger partial charge in [-0.1, -0.05) is 54.4 Å². The molecule has 1 amide bonds. The first-order chi connectivity index (χ1) is 18.4. The lowest BCUT2D eigenvalue weighted by Gasteiger charge is -2.53. The number of carbonyl (C=O) groups is 2. The second-order valence-corrected chi connectivity index (χ2v) is 14.1. The number of halogens is 2. The van der Waals surface area contributed by atoms with Crippen LogP contribution in [0.3, 0.4) is 0 Å². The quantitative estimate of drug-likeness (QED) is 0.345. The minimum atomic E-state index is -3.50. The van der Waals surface area contributed by atoms with Gasteiger partial charge in [-0.2, -0.15) is 0 Å². The summed E-state index contributed by atoms with van der Waals surface area (Å²) in [4.78, 5) is 28.6. The van der Waals surface area contributed by atoms with Crippen LogP contribution >= 0.6 is 23.2 Å². The van der Waals surface area contributed by atoms with Gasteiger partial charge in [0.05, 0.1) is 23.6 Å². The number of carboxylic acids is 1. The lowest BCUT2D eigenvalue weighted by atomic mass is 9.64. The summed E-state index contributed by atoms with van der Waals surface area (Å²) >= 11 is 12.7. The van der Waals surface area contributed by atoms with Gasteiger partial charge in [0.15, 0.2) is 0 Å². The maximum absolute atomic E-state index is 14.6. The standard InChI is InChI=1S/C29H36Cl2N2O5S/c1-4-29(17-26(34)35)16-24(21-7-6-8-23(31)15-21)27(20-11-13-22(30)14-12-20)33(28(29)36)25(19-9-10-19)18-32(3)39(37,38)5-2/h6-8,11-15,19,24-25,27H,4-5,9-10,16-18H2,1-3H3,(H,34,35). The second kappa shape index (κ2) is 11.8. The second-order valence-electron chi connectivity index (χ2n) is 10.9. The minimum Gasteiger partial charge on any atom is -0.481 e. The van der Waals surface area contributed by atoms with E-state index >= 15 is 0 Å². The Morgan fingerprint density at radius 3 is 2.31 bits per heavy atom. The molecule has 0 radical (unpaired) electrons. The van der Waals surface area contributed by atoms with Gasteiger partial charge in [0.2, 0.25) is 15.9 Å². The molecule has 1 N–H and O–H groups in total. The third-order valence-corrected chi connectivity index (χ3v) is 10.8. The number of carboxylic acid groups (broad SMARTS) is 1. The molecule has 39 heavy (non-hydrogen) atoms. The Bertz CT molecular complexity index is 1320. The average molecular weight is 596 g/mol. The van der Waals surface area contributed by atoms with E-state index in [4.69, 9.17) is 23.2 Å². The van der Waals surface area contributed by atoms with E-state index in [-0.39, 0.29) is 36.5 Å². The molecular formula is C29H36Cl2N2O5S.